The fourth-order valence-corrected chi connectivity index (χ4v) is 3.62. The van der Waals surface area contributed by atoms with Crippen molar-refractivity contribution in [2.75, 3.05) is 5.32 Å². The number of rotatable bonds is 3. The highest BCUT2D eigenvalue weighted by Crippen LogP contribution is 2.30. The Morgan fingerprint density at radius 1 is 0.960 bits per heavy atom. The summed E-state index contributed by atoms with van der Waals surface area (Å²) < 4.78 is 0. The van der Waals surface area contributed by atoms with Gasteiger partial charge in [-0.2, -0.15) is 0 Å². The maximum absolute atomic E-state index is 9.66. The zero-order valence-electron chi connectivity index (χ0n) is 14.4. The van der Waals surface area contributed by atoms with E-state index in [1.807, 2.05) is 6.20 Å². The van der Waals surface area contributed by atoms with E-state index in [1.54, 1.807) is 0 Å². The lowest BCUT2D eigenvalue weighted by Crippen LogP contribution is -2.28. The van der Waals surface area contributed by atoms with Crippen LogP contribution in [0.5, 0.6) is 0 Å². The molecule has 4 rings (SSSR count). The van der Waals surface area contributed by atoms with Crippen LogP contribution in [0, 0.1) is 6.92 Å². The first kappa shape index (κ1) is 16.0. The third-order valence-corrected chi connectivity index (χ3v) is 5.08. The van der Waals surface area contributed by atoms with E-state index in [2.05, 4.69) is 59.7 Å². The van der Waals surface area contributed by atoms with Crippen molar-refractivity contribution in [1.29, 1.82) is 0 Å². The van der Waals surface area contributed by atoms with Gasteiger partial charge in [0.05, 0.1) is 11.6 Å². The molecule has 128 valence electrons. The molecule has 1 aromatic heterocycles. The Morgan fingerprint density at radius 3 is 2.52 bits per heavy atom. The predicted octanol–water partition coefficient (Wildman–Crippen LogP) is 4.32. The molecule has 25 heavy (non-hydrogen) atoms. The second-order valence-electron chi connectivity index (χ2n) is 6.90. The number of anilines is 1. The summed E-state index contributed by atoms with van der Waals surface area (Å²) in [7, 11) is 0. The Hall–Kier alpha value is -2.46. The van der Waals surface area contributed by atoms with Crippen LogP contribution in [0.2, 0.25) is 0 Å². The van der Waals surface area contributed by atoms with E-state index in [0.717, 1.165) is 42.1 Å². The van der Waals surface area contributed by atoms with Crippen LogP contribution in [0.15, 0.2) is 48.7 Å². The number of hydrogen-bond acceptors (Lipinski definition) is 4. The Labute approximate surface area is 148 Å². The second kappa shape index (κ2) is 6.81. The first-order valence-corrected chi connectivity index (χ1v) is 8.97. The van der Waals surface area contributed by atoms with Crippen molar-refractivity contribution in [1.82, 2.24) is 9.97 Å². The van der Waals surface area contributed by atoms with Gasteiger partial charge in [-0.15, -0.1) is 0 Å². The molecule has 1 saturated carbocycles. The zero-order chi connectivity index (χ0) is 17.2. The van der Waals surface area contributed by atoms with Gasteiger partial charge < -0.3 is 10.4 Å². The lowest BCUT2D eigenvalue weighted by molar-refractivity contribution is 0.126. The van der Waals surface area contributed by atoms with E-state index in [4.69, 9.17) is 4.98 Å². The smallest absolute Gasteiger partial charge is 0.223 e. The summed E-state index contributed by atoms with van der Waals surface area (Å²) in [6.45, 7) is 2.13. The lowest BCUT2D eigenvalue weighted by atomic mass is 9.93. The van der Waals surface area contributed by atoms with Crippen molar-refractivity contribution in [2.24, 2.45) is 0 Å². The van der Waals surface area contributed by atoms with Gasteiger partial charge in [-0.3, -0.25) is 0 Å². The third kappa shape index (κ3) is 3.35. The first-order chi connectivity index (χ1) is 12.2. The standard InChI is InChI=1S/C21H23N3O/c1-14-5-2-3-7-18(14)19-8-4-6-15-13-22-21(24-20(15)19)23-16-9-11-17(25)12-10-16/h2-8,13,16-17,25H,9-12H2,1H3,(H,22,23,24). The molecular formula is C21H23N3O. The van der Waals surface area contributed by atoms with Gasteiger partial charge in [-0.05, 0) is 43.7 Å². The lowest BCUT2D eigenvalue weighted by Gasteiger charge is -2.26. The fraction of sp³-hybridized carbons (Fsp3) is 0.333. The third-order valence-electron chi connectivity index (χ3n) is 5.08. The van der Waals surface area contributed by atoms with Gasteiger partial charge in [0.1, 0.15) is 0 Å². The Balaban J connectivity index is 1.70. The Kier molecular flexibility index (Phi) is 4.36. The molecule has 1 heterocycles. The molecule has 0 bridgehead atoms. The maximum Gasteiger partial charge on any atom is 0.223 e. The van der Waals surface area contributed by atoms with Gasteiger partial charge in [0.15, 0.2) is 0 Å². The van der Waals surface area contributed by atoms with E-state index >= 15 is 0 Å². The van der Waals surface area contributed by atoms with Gasteiger partial charge in [-0.25, -0.2) is 9.97 Å². The minimum Gasteiger partial charge on any atom is -0.393 e. The van der Waals surface area contributed by atoms with Crippen LogP contribution >= 0.6 is 0 Å². The van der Waals surface area contributed by atoms with Gasteiger partial charge in [-0.1, -0.05) is 42.5 Å². The van der Waals surface area contributed by atoms with Crippen LogP contribution in [-0.4, -0.2) is 27.2 Å². The SMILES string of the molecule is Cc1ccccc1-c1cccc2cnc(NC3CCC(O)CC3)nc12. The maximum atomic E-state index is 9.66. The monoisotopic (exact) mass is 333 g/mol. The van der Waals surface area contributed by atoms with Crippen molar-refractivity contribution >= 4 is 16.9 Å². The number of benzene rings is 2. The van der Waals surface area contributed by atoms with Crippen molar-refractivity contribution in [3.63, 3.8) is 0 Å². The Bertz CT molecular complexity index is 885. The molecule has 2 N–H and O–H groups in total. The summed E-state index contributed by atoms with van der Waals surface area (Å²) >= 11 is 0. The van der Waals surface area contributed by atoms with E-state index in [9.17, 15) is 5.11 Å². The molecule has 1 aliphatic rings. The molecule has 0 atom stereocenters. The molecule has 0 spiro atoms. The van der Waals surface area contributed by atoms with Crippen LogP contribution in [0.1, 0.15) is 31.2 Å². The largest absolute Gasteiger partial charge is 0.393 e. The number of aryl methyl sites for hydroxylation is 1. The average Bonchev–Trinajstić information content (AvgIpc) is 2.64. The highest BCUT2D eigenvalue weighted by Gasteiger charge is 2.20. The number of hydrogen-bond donors (Lipinski definition) is 2. The van der Waals surface area contributed by atoms with E-state index < -0.39 is 0 Å². The molecule has 1 aliphatic carbocycles. The summed E-state index contributed by atoms with van der Waals surface area (Å²) in [5, 5.41) is 14.2. The summed E-state index contributed by atoms with van der Waals surface area (Å²) in [5.74, 6) is 0.676. The first-order valence-electron chi connectivity index (χ1n) is 8.97. The van der Waals surface area contributed by atoms with Gasteiger partial charge in [0.2, 0.25) is 5.95 Å². The van der Waals surface area contributed by atoms with Gasteiger partial charge >= 0.3 is 0 Å². The molecule has 0 amide bonds. The van der Waals surface area contributed by atoms with E-state index in [-0.39, 0.29) is 6.10 Å². The predicted molar refractivity (Wildman–Crippen MR) is 102 cm³/mol. The second-order valence-corrected chi connectivity index (χ2v) is 6.90. The molecular weight excluding hydrogens is 310 g/mol. The van der Waals surface area contributed by atoms with Crippen molar-refractivity contribution < 1.29 is 5.11 Å². The molecule has 0 saturated heterocycles. The molecule has 1 fully saturated rings. The highest BCUT2D eigenvalue weighted by atomic mass is 16.3. The number of aromatic nitrogens is 2. The minimum atomic E-state index is -0.150. The molecule has 0 radical (unpaired) electrons. The number of para-hydroxylation sites is 1. The minimum absolute atomic E-state index is 0.150. The number of nitrogens with one attached hydrogen (secondary N) is 1. The molecule has 0 unspecified atom stereocenters. The van der Waals surface area contributed by atoms with Crippen LogP contribution in [-0.2, 0) is 0 Å². The molecule has 2 aromatic carbocycles. The fourth-order valence-electron chi connectivity index (χ4n) is 3.62. The Morgan fingerprint density at radius 2 is 1.72 bits per heavy atom. The average molecular weight is 333 g/mol. The van der Waals surface area contributed by atoms with Crippen LogP contribution in [0.3, 0.4) is 0 Å². The van der Waals surface area contributed by atoms with Crippen LogP contribution in [0.4, 0.5) is 5.95 Å². The molecule has 4 nitrogen and oxygen atoms in total. The van der Waals surface area contributed by atoms with E-state index in [0.29, 0.717) is 12.0 Å². The van der Waals surface area contributed by atoms with Crippen molar-refractivity contribution in [2.45, 2.75) is 44.8 Å². The van der Waals surface area contributed by atoms with Crippen molar-refractivity contribution in [3.8, 4) is 11.1 Å². The molecule has 3 aromatic rings. The summed E-state index contributed by atoms with van der Waals surface area (Å²) in [6.07, 6.45) is 5.36. The van der Waals surface area contributed by atoms with Gasteiger partial charge in [0, 0.05) is 23.2 Å². The number of aliphatic hydroxyl groups is 1. The summed E-state index contributed by atoms with van der Waals surface area (Å²) in [4.78, 5) is 9.31. The number of nitrogens with zero attached hydrogens (tertiary/aromatic N) is 2. The van der Waals surface area contributed by atoms with Gasteiger partial charge in [0.25, 0.3) is 0 Å². The molecule has 4 heteroatoms. The van der Waals surface area contributed by atoms with Crippen LogP contribution < -0.4 is 5.32 Å². The molecule has 0 aliphatic heterocycles. The highest BCUT2D eigenvalue weighted by molar-refractivity contribution is 5.94. The number of aliphatic hydroxyl groups excluding tert-OH is 1. The normalized spacial score (nSPS) is 20.6. The quantitative estimate of drug-likeness (QED) is 0.749. The van der Waals surface area contributed by atoms with E-state index in [1.165, 1.54) is 11.1 Å². The topological polar surface area (TPSA) is 58.0 Å². The van der Waals surface area contributed by atoms with Crippen LogP contribution in [0.25, 0.3) is 22.0 Å². The van der Waals surface area contributed by atoms with Crippen molar-refractivity contribution in [3.05, 3.63) is 54.2 Å². The number of fused-ring (bicyclic) bond motifs is 1. The summed E-state index contributed by atoms with van der Waals surface area (Å²) in [6, 6.07) is 15.0. The zero-order valence-corrected chi connectivity index (χ0v) is 14.4. The summed E-state index contributed by atoms with van der Waals surface area (Å²) in [5.41, 5.74) is 4.56.